The van der Waals surface area contributed by atoms with Crippen LogP contribution in [0.2, 0.25) is 0 Å². The Hall–Kier alpha value is -3.07. The number of morpholine rings is 1. The Kier molecular flexibility index (Phi) is 5.14. The van der Waals surface area contributed by atoms with Crippen LogP contribution in [0, 0.1) is 0 Å². The monoisotopic (exact) mass is 405 g/mol. The maximum absolute atomic E-state index is 13.6. The third-order valence-electron chi connectivity index (χ3n) is 4.85. The fraction of sp³-hybridized carbons (Fsp3) is 0.300. The molecule has 1 fully saturated rings. The number of pyridine rings is 1. The smallest absolute Gasteiger partial charge is 0.375 e. The number of hydrogen-bond acceptors (Lipinski definition) is 3. The quantitative estimate of drug-likeness (QED) is 0.656. The molecule has 1 amide bonds. The molecule has 0 radical (unpaired) electrons. The number of nitrogens with zero attached hydrogens (tertiary/aromatic N) is 2. The van der Waals surface area contributed by atoms with Crippen molar-refractivity contribution in [1.29, 1.82) is 0 Å². The lowest BCUT2D eigenvalue weighted by molar-refractivity contribution is -0.497. The molecule has 1 atom stereocenters. The number of carbonyl (C=O) groups is 1. The second-order valence-electron chi connectivity index (χ2n) is 6.74. The summed E-state index contributed by atoms with van der Waals surface area (Å²) in [5.41, 5.74) is 0.558. The minimum atomic E-state index is -4.63. The molecule has 29 heavy (non-hydrogen) atoms. The van der Waals surface area contributed by atoms with Gasteiger partial charge in [0.1, 0.15) is 0 Å². The highest BCUT2D eigenvalue weighted by Crippen LogP contribution is 2.33. The fourth-order valence-corrected chi connectivity index (χ4v) is 3.45. The first-order valence-corrected chi connectivity index (χ1v) is 9.23. The lowest BCUT2D eigenvalue weighted by Crippen LogP contribution is -2.41. The largest absolute Gasteiger partial charge is 0.412 e. The van der Waals surface area contributed by atoms with E-state index in [1.807, 2.05) is 4.90 Å². The van der Waals surface area contributed by atoms with Crippen molar-refractivity contribution in [3.8, 4) is 0 Å². The van der Waals surface area contributed by atoms with E-state index in [0.717, 1.165) is 0 Å². The van der Waals surface area contributed by atoms with E-state index in [1.165, 1.54) is 24.3 Å². The molecule has 4 rings (SSSR count). The molecule has 0 bridgehead atoms. The third kappa shape index (κ3) is 3.91. The molecule has 1 aliphatic heterocycles. The van der Waals surface area contributed by atoms with Gasteiger partial charge in [-0.2, -0.15) is 13.2 Å². The molecule has 3 heterocycles. The summed E-state index contributed by atoms with van der Waals surface area (Å²) in [6, 6.07) is 10.5. The van der Waals surface area contributed by atoms with Gasteiger partial charge in [-0.05, 0) is 17.7 Å². The first-order chi connectivity index (χ1) is 13.9. The van der Waals surface area contributed by atoms with Gasteiger partial charge in [0, 0.05) is 0 Å². The van der Waals surface area contributed by atoms with Crippen molar-refractivity contribution in [2.24, 2.45) is 0 Å². The van der Waals surface area contributed by atoms with E-state index in [-0.39, 0.29) is 11.3 Å². The number of nitrogens with one attached hydrogen (secondary N) is 2. The lowest BCUT2D eigenvalue weighted by atomic mass is 10.1. The molecule has 0 spiro atoms. The van der Waals surface area contributed by atoms with E-state index in [0.29, 0.717) is 37.8 Å². The van der Waals surface area contributed by atoms with Crippen molar-refractivity contribution >= 4 is 17.4 Å². The zero-order valence-electron chi connectivity index (χ0n) is 15.4. The highest BCUT2D eigenvalue weighted by molar-refractivity contribution is 5.98. The molecule has 1 aliphatic rings. The number of amides is 1. The van der Waals surface area contributed by atoms with Gasteiger partial charge in [0.25, 0.3) is 5.91 Å². The van der Waals surface area contributed by atoms with Gasteiger partial charge in [0.2, 0.25) is 5.69 Å². The van der Waals surface area contributed by atoms with E-state index < -0.39 is 18.1 Å². The molecule has 9 heteroatoms. The fourth-order valence-electron chi connectivity index (χ4n) is 3.45. The number of carbonyl (C=O) groups excluding carboxylic acids is 1. The molecule has 0 aliphatic carbocycles. The summed E-state index contributed by atoms with van der Waals surface area (Å²) < 4.78 is 48.0. The van der Waals surface area contributed by atoms with Crippen molar-refractivity contribution in [2.75, 3.05) is 31.2 Å². The minimum absolute atomic E-state index is 0.0229. The molecule has 0 saturated carbocycles. The van der Waals surface area contributed by atoms with Gasteiger partial charge >= 0.3 is 12.1 Å². The Morgan fingerprint density at radius 1 is 1.10 bits per heavy atom. The van der Waals surface area contributed by atoms with Crippen molar-refractivity contribution in [1.82, 2.24) is 10.3 Å². The Balaban J connectivity index is 1.69. The Labute approximate surface area is 164 Å². The van der Waals surface area contributed by atoms with Gasteiger partial charge in [0.15, 0.2) is 11.6 Å². The predicted octanol–water partition coefficient (Wildman–Crippen LogP) is 2.62. The number of H-pyrrole nitrogens is 1. The number of rotatable bonds is 4. The molecule has 6 nitrogen and oxygen atoms in total. The summed E-state index contributed by atoms with van der Waals surface area (Å²) >= 11 is 0. The van der Waals surface area contributed by atoms with Crippen LogP contribution in [0.4, 0.5) is 19.1 Å². The highest BCUT2D eigenvalue weighted by atomic mass is 19.4. The molecule has 1 unspecified atom stereocenters. The summed E-state index contributed by atoms with van der Waals surface area (Å²) in [6.45, 7) is 2.32. The van der Waals surface area contributed by atoms with Crippen LogP contribution in [0.5, 0.6) is 0 Å². The first kappa shape index (κ1) is 19.3. The summed E-state index contributed by atoms with van der Waals surface area (Å²) in [5, 5.41) is 2.15. The van der Waals surface area contributed by atoms with Gasteiger partial charge in [-0.1, -0.05) is 36.4 Å². The second-order valence-corrected chi connectivity index (χ2v) is 6.74. The van der Waals surface area contributed by atoms with Crippen molar-refractivity contribution in [3.63, 3.8) is 0 Å². The average molecular weight is 405 g/mol. The number of ether oxygens (including phenoxy) is 1. The summed E-state index contributed by atoms with van der Waals surface area (Å²) in [7, 11) is 0. The highest BCUT2D eigenvalue weighted by Gasteiger charge is 2.43. The van der Waals surface area contributed by atoms with Crippen LogP contribution >= 0.6 is 0 Å². The van der Waals surface area contributed by atoms with Crippen LogP contribution in [0.15, 0.2) is 54.7 Å². The zero-order chi connectivity index (χ0) is 20.4. The van der Waals surface area contributed by atoms with E-state index in [2.05, 4.69) is 10.3 Å². The number of benzene rings is 1. The van der Waals surface area contributed by atoms with E-state index in [1.54, 1.807) is 34.9 Å². The van der Waals surface area contributed by atoms with Crippen LogP contribution in [-0.2, 0) is 4.74 Å². The van der Waals surface area contributed by atoms with Crippen molar-refractivity contribution in [3.05, 3.63) is 66.0 Å². The molecule has 2 aromatic heterocycles. The number of anilines is 1. The molecule has 3 aromatic rings. The number of halogens is 3. The van der Waals surface area contributed by atoms with Gasteiger partial charge < -0.3 is 10.1 Å². The van der Waals surface area contributed by atoms with Crippen LogP contribution in [0.3, 0.4) is 0 Å². The maximum Gasteiger partial charge on any atom is 0.412 e. The molecule has 2 N–H and O–H groups in total. The van der Waals surface area contributed by atoms with Crippen molar-refractivity contribution < 1.29 is 27.1 Å². The standard InChI is InChI=1S/C20H19F3N4O2/c21-20(22,23)17(14-6-2-1-3-7-14)25-18(28)16-15-8-4-5-9-27(15)19(24-16)26-10-12-29-13-11-26/h1-9,17H,10-13H2,(H,25,28)/p+1. The zero-order valence-corrected chi connectivity index (χ0v) is 15.4. The SMILES string of the molecule is O=C(NC(c1ccccc1)C(F)(F)F)c1[nH]c(N2CCOCC2)[n+]2ccccc12. The topological polar surface area (TPSA) is 61.5 Å². The van der Waals surface area contributed by atoms with Crippen molar-refractivity contribution in [2.45, 2.75) is 12.2 Å². The van der Waals surface area contributed by atoms with Gasteiger partial charge in [-0.15, -0.1) is 0 Å². The number of aromatic nitrogens is 2. The van der Waals surface area contributed by atoms with E-state index in [4.69, 9.17) is 4.74 Å². The Bertz CT molecular complexity index is 998. The minimum Gasteiger partial charge on any atom is -0.375 e. The third-order valence-corrected chi connectivity index (χ3v) is 4.85. The summed E-state index contributed by atoms with van der Waals surface area (Å²) in [4.78, 5) is 17.9. The molecule has 1 saturated heterocycles. The van der Waals surface area contributed by atoms with Crippen LogP contribution < -0.4 is 14.6 Å². The lowest BCUT2D eigenvalue weighted by Gasteiger charge is -2.21. The Morgan fingerprint density at radius 2 is 1.79 bits per heavy atom. The second kappa shape index (κ2) is 7.75. The van der Waals surface area contributed by atoms with E-state index in [9.17, 15) is 18.0 Å². The molecular formula is C20H20F3N4O2+. The Morgan fingerprint density at radius 3 is 2.48 bits per heavy atom. The molecule has 1 aromatic carbocycles. The molecular weight excluding hydrogens is 385 g/mol. The predicted molar refractivity (Wildman–Crippen MR) is 99.7 cm³/mol. The number of hydrogen-bond donors (Lipinski definition) is 2. The van der Waals surface area contributed by atoms with Gasteiger partial charge in [0.05, 0.1) is 32.5 Å². The number of alkyl halides is 3. The van der Waals surface area contributed by atoms with E-state index >= 15 is 0 Å². The first-order valence-electron chi connectivity index (χ1n) is 9.23. The van der Waals surface area contributed by atoms with Crippen LogP contribution in [0.1, 0.15) is 22.1 Å². The maximum atomic E-state index is 13.6. The summed E-state index contributed by atoms with van der Waals surface area (Å²) in [6.07, 6.45) is -2.86. The number of imidazole rings is 1. The number of aromatic amines is 1. The summed E-state index contributed by atoms with van der Waals surface area (Å²) in [5.74, 6) is -0.184. The number of fused-ring (bicyclic) bond motifs is 1. The van der Waals surface area contributed by atoms with Crippen LogP contribution in [0.25, 0.3) is 5.52 Å². The van der Waals surface area contributed by atoms with Gasteiger partial charge in [-0.25, -0.2) is 9.38 Å². The normalized spacial score (nSPS) is 16.0. The molecule has 152 valence electrons. The van der Waals surface area contributed by atoms with Crippen LogP contribution in [-0.4, -0.2) is 43.4 Å². The average Bonchev–Trinajstić information content (AvgIpc) is 3.12. The van der Waals surface area contributed by atoms with Gasteiger partial charge in [-0.3, -0.25) is 9.69 Å².